The van der Waals surface area contributed by atoms with E-state index in [1.54, 1.807) is 19.6 Å². The molecule has 0 fully saturated rings. The molecule has 1 heterocycles. The number of methoxy groups -OCH3 is 1. The molecule has 0 amide bonds. The van der Waals surface area contributed by atoms with Gasteiger partial charge in [-0.05, 0) is 80.1 Å². The van der Waals surface area contributed by atoms with Crippen LogP contribution in [-0.2, 0) is 17.5 Å². The molecule has 1 aromatic heterocycles. The Morgan fingerprint density at radius 1 is 1.00 bits per heavy atom. The molecular weight excluding hydrogens is 453 g/mol. The Balaban J connectivity index is 1.47. The van der Waals surface area contributed by atoms with Crippen LogP contribution in [0.5, 0.6) is 11.5 Å². The Bertz CT molecular complexity index is 1050. The third-order valence-corrected chi connectivity index (χ3v) is 6.41. The Labute approximate surface area is 201 Å². The van der Waals surface area contributed by atoms with E-state index in [-0.39, 0.29) is 6.16 Å². The Kier molecular flexibility index (Phi) is 10.2. The maximum atomic E-state index is 11.0. The van der Waals surface area contributed by atoms with Gasteiger partial charge in [0.1, 0.15) is 11.5 Å². The molecule has 0 radical (unpaired) electrons. The maximum absolute atomic E-state index is 11.0. The molecule has 0 bridgehead atoms. The van der Waals surface area contributed by atoms with E-state index in [1.807, 2.05) is 30.3 Å². The minimum atomic E-state index is -3.93. The van der Waals surface area contributed by atoms with Crippen molar-refractivity contribution in [3.8, 4) is 22.6 Å². The van der Waals surface area contributed by atoms with Crippen molar-refractivity contribution in [1.29, 1.82) is 0 Å². The first-order valence-corrected chi connectivity index (χ1v) is 13.4. The van der Waals surface area contributed by atoms with Gasteiger partial charge in [0.25, 0.3) is 0 Å². The van der Waals surface area contributed by atoms with Gasteiger partial charge >= 0.3 is 7.60 Å². The molecule has 0 unspecified atom stereocenters. The zero-order valence-corrected chi connectivity index (χ0v) is 20.5. The number of hydrogen-bond acceptors (Lipinski definition) is 5. The number of ether oxygens (including phenoxy) is 2. The fourth-order valence-electron chi connectivity index (χ4n) is 3.72. The van der Waals surface area contributed by atoms with Crippen molar-refractivity contribution >= 4 is 7.60 Å². The average Bonchev–Trinajstić information content (AvgIpc) is 3.36. The van der Waals surface area contributed by atoms with Crippen LogP contribution < -0.4 is 14.8 Å². The minimum absolute atomic E-state index is 0.105. The first-order valence-electron chi connectivity index (χ1n) is 11.6. The van der Waals surface area contributed by atoms with Gasteiger partial charge < -0.3 is 29.0 Å². The van der Waals surface area contributed by atoms with E-state index in [2.05, 4.69) is 23.5 Å². The molecule has 7 nitrogen and oxygen atoms in total. The normalized spacial score (nSPS) is 11.5. The van der Waals surface area contributed by atoms with Crippen LogP contribution in [0.4, 0.5) is 0 Å². The predicted molar refractivity (Wildman–Crippen MR) is 133 cm³/mol. The Hall–Kier alpha value is -2.57. The Morgan fingerprint density at radius 3 is 2.65 bits per heavy atom. The van der Waals surface area contributed by atoms with Gasteiger partial charge in [0.15, 0.2) is 0 Å². The van der Waals surface area contributed by atoms with Crippen LogP contribution in [0.25, 0.3) is 11.1 Å². The van der Waals surface area contributed by atoms with Crippen molar-refractivity contribution in [3.05, 3.63) is 72.2 Å². The van der Waals surface area contributed by atoms with E-state index in [1.165, 1.54) is 5.56 Å². The number of hydrogen-bond donors (Lipinski definition) is 3. The molecule has 8 heteroatoms. The van der Waals surface area contributed by atoms with E-state index in [0.29, 0.717) is 26.1 Å². The molecule has 3 N–H and O–H groups in total. The van der Waals surface area contributed by atoms with E-state index >= 15 is 0 Å². The molecule has 0 aliphatic heterocycles. The molecule has 0 aliphatic carbocycles. The Morgan fingerprint density at radius 2 is 1.88 bits per heavy atom. The number of unbranched alkanes of at least 4 members (excludes halogenated alkanes) is 2. The predicted octanol–water partition coefficient (Wildman–Crippen LogP) is 5.40. The van der Waals surface area contributed by atoms with E-state index < -0.39 is 7.60 Å². The molecule has 0 saturated carbocycles. The second-order valence-corrected chi connectivity index (χ2v) is 10.0. The van der Waals surface area contributed by atoms with Crippen molar-refractivity contribution in [2.75, 3.05) is 26.4 Å². The van der Waals surface area contributed by atoms with Gasteiger partial charge in [-0.3, -0.25) is 4.57 Å². The number of benzene rings is 2. The highest BCUT2D eigenvalue weighted by Crippen LogP contribution is 2.34. The van der Waals surface area contributed by atoms with Crippen LogP contribution in [0.1, 0.15) is 36.8 Å². The second kappa shape index (κ2) is 13.4. The van der Waals surface area contributed by atoms with Crippen LogP contribution in [-0.4, -0.2) is 36.2 Å². The van der Waals surface area contributed by atoms with Crippen molar-refractivity contribution in [2.24, 2.45) is 0 Å². The largest absolute Gasteiger partial charge is 0.497 e. The summed E-state index contributed by atoms with van der Waals surface area (Å²) in [4.78, 5) is 17.9. The van der Waals surface area contributed by atoms with Gasteiger partial charge in [0.05, 0.1) is 32.4 Å². The zero-order valence-electron chi connectivity index (χ0n) is 19.6. The molecule has 0 saturated heterocycles. The molecule has 34 heavy (non-hydrogen) atoms. The highest BCUT2D eigenvalue weighted by molar-refractivity contribution is 7.51. The summed E-state index contributed by atoms with van der Waals surface area (Å²) >= 11 is 0. The van der Waals surface area contributed by atoms with Crippen LogP contribution in [0.3, 0.4) is 0 Å². The molecule has 3 rings (SSSR count). The molecule has 0 spiro atoms. The molecule has 3 aromatic rings. The SMILES string of the molecule is COc1cccc(CCCCCOc2ccc(CNCCCP(=O)(O)O)cc2-c2ccoc2)c1. The molecule has 0 aliphatic rings. The van der Waals surface area contributed by atoms with Crippen molar-refractivity contribution < 1.29 is 28.2 Å². The lowest BCUT2D eigenvalue weighted by atomic mass is 10.0. The number of furan rings is 1. The topological polar surface area (TPSA) is 101 Å². The number of nitrogens with one attached hydrogen (secondary N) is 1. The zero-order chi connectivity index (χ0) is 24.2. The summed E-state index contributed by atoms with van der Waals surface area (Å²) in [6, 6.07) is 16.2. The van der Waals surface area contributed by atoms with Gasteiger partial charge in [-0.2, -0.15) is 0 Å². The lowest BCUT2D eigenvalue weighted by molar-refractivity contribution is 0.306. The van der Waals surface area contributed by atoms with Gasteiger partial charge in [-0.25, -0.2) is 0 Å². The quantitative estimate of drug-likeness (QED) is 0.195. The van der Waals surface area contributed by atoms with Crippen LogP contribution >= 0.6 is 7.60 Å². The molecule has 2 aromatic carbocycles. The third kappa shape index (κ3) is 8.99. The van der Waals surface area contributed by atoms with Gasteiger partial charge in [0, 0.05) is 17.7 Å². The fourth-order valence-corrected chi connectivity index (χ4v) is 4.29. The van der Waals surface area contributed by atoms with Crippen molar-refractivity contribution in [1.82, 2.24) is 5.32 Å². The molecule has 0 atom stereocenters. The summed E-state index contributed by atoms with van der Waals surface area (Å²) in [5.74, 6) is 1.71. The van der Waals surface area contributed by atoms with Crippen LogP contribution in [0, 0.1) is 0 Å². The van der Waals surface area contributed by atoms with Crippen molar-refractivity contribution in [3.63, 3.8) is 0 Å². The summed E-state index contributed by atoms with van der Waals surface area (Å²) in [5, 5.41) is 3.24. The first kappa shape index (κ1) is 26.0. The highest BCUT2D eigenvalue weighted by Gasteiger charge is 2.12. The second-order valence-electron chi connectivity index (χ2n) is 8.27. The van der Waals surface area contributed by atoms with Crippen molar-refractivity contribution in [2.45, 2.75) is 38.6 Å². The summed E-state index contributed by atoms with van der Waals surface area (Å²) in [5.41, 5.74) is 4.28. The first-order chi connectivity index (χ1) is 16.4. The maximum Gasteiger partial charge on any atom is 0.325 e. The number of aryl methyl sites for hydroxylation is 1. The summed E-state index contributed by atoms with van der Waals surface area (Å²) in [7, 11) is -2.25. The van der Waals surface area contributed by atoms with Gasteiger partial charge in [0.2, 0.25) is 0 Å². The van der Waals surface area contributed by atoms with E-state index in [4.69, 9.17) is 23.7 Å². The molecule has 184 valence electrons. The fraction of sp³-hybridized carbons (Fsp3) is 0.385. The average molecular weight is 488 g/mol. The van der Waals surface area contributed by atoms with Gasteiger partial charge in [-0.1, -0.05) is 18.2 Å². The highest BCUT2D eigenvalue weighted by atomic mass is 31.2. The summed E-state index contributed by atoms with van der Waals surface area (Å²) in [6.07, 6.45) is 7.83. The standard InChI is InChI=1S/C26H34NO6P/c1-31-24-9-5-8-21(17-24)7-3-2-4-14-33-26-11-10-22(18-25(26)23-12-15-32-20-23)19-27-13-6-16-34(28,29)30/h5,8-12,15,17-18,20,27H,2-4,6-7,13-14,16,19H2,1H3,(H2,28,29,30). The monoisotopic (exact) mass is 487 g/mol. The van der Waals surface area contributed by atoms with Crippen LogP contribution in [0.2, 0.25) is 0 Å². The van der Waals surface area contributed by atoms with Crippen LogP contribution in [0.15, 0.2) is 65.5 Å². The lowest BCUT2D eigenvalue weighted by Crippen LogP contribution is -2.16. The van der Waals surface area contributed by atoms with E-state index in [9.17, 15) is 4.57 Å². The van der Waals surface area contributed by atoms with E-state index in [0.717, 1.165) is 53.9 Å². The minimum Gasteiger partial charge on any atom is -0.497 e. The molecular formula is C26H34NO6P. The third-order valence-electron chi connectivity index (χ3n) is 5.51. The summed E-state index contributed by atoms with van der Waals surface area (Å²) in [6.45, 7) is 1.79. The summed E-state index contributed by atoms with van der Waals surface area (Å²) < 4.78 is 27.6. The number of rotatable bonds is 15. The van der Waals surface area contributed by atoms with Gasteiger partial charge in [-0.15, -0.1) is 0 Å². The smallest absolute Gasteiger partial charge is 0.325 e. The lowest BCUT2D eigenvalue weighted by Gasteiger charge is -2.13.